The molecule has 0 saturated carbocycles. The Bertz CT molecular complexity index is 172. The Balaban J connectivity index is 4.12. The molecule has 0 saturated heterocycles. The van der Waals surface area contributed by atoms with Crippen molar-refractivity contribution in [1.29, 1.82) is 0 Å². The number of amides is 2. The Hall–Kier alpha value is -1.06. The Morgan fingerprint density at radius 1 is 1.60 bits per heavy atom. The van der Waals surface area contributed by atoms with Crippen molar-refractivity contribution < 1.29 is 11.0 Å². The molecular weight excluding hydrogens is 132 g/mol. The lowest BCUT2D eigenvalue weighted by Gasteiger charge is -2.09. The molecule has 0 aliphatic heterocycles. The third-order valence-corrected chi connectivity index (χ3v) is 1.00. The van der Waals surface area contributed by atoms with Gasteiger partial charge in [-0.25, -0.2) is 0 Å². The van der Waals surface area contributed by atoms with E-state index in [4.69, 9.17) is 1.41 Å². The van der Waals surface area contributed by atoms with E-state index in [0.717, 1.165) is 0 Å². The summed E-state index contributed by atoms with van der Waals surface area (Å²) in [4.78, 5) is 21.4. The minimum atomic E-state index is -0.725. The van der Waals surface area contributed by atoms with Crippen LogP contribution in [0.3, 0.4) is 0 Å². The third-order valence-electron chi connectivity index (χ3n) is 1.00. The number of nitrogens with one attached hydrogen (secondary N) is 2. The smallest absolute Gasteiger partial charge is 0.242 e. The molecular formula is C6H12N2O2. The summed E-state index contributed by atoms with van der Waals surface area (Å²) in [7, 11) is 1.47. The summed E-state index contributed by atoms with van der Waals surface area (Å²) in [5.41, 5.74) is 0. The highest BCUT2D eigenvalue weighted by Crippen LogP contribution is 1.79. The Morgan fingerprint density at radius 2 is 2.10 bits per heavy atom. The molecule has 10 heavy (non-hydrogen) atoms. The van der Waals surface area contributed by atoms with Gasteiger partial charge in [0, 0.05) is 14.0 Å². The van der Waals surface area contributed by atoms with Crippen LogP contribution in [-0.4, -0.2) is 24.9 Å². The fraction of sp³-hybridized carbons (Fsp3) is 0.667. The molecule has 0 aromatic heterocycles. The molecule has 0 bridgehead atoms. The summed E-state index contributed by atoms with van der Waals surface area (Å²) in [6, 6.07) is -0.725. The standard InChI is InChI=1S/C6H12N2O2/c1-4(6(10)7-3)8-5(2)9/h4H,1-3H3,(H,7,10)(H,8,9)/i/hD. The summed E-state index contributed by atoms with van der Waals surface area (Å²) in [6.45, 7) is 2.74. The van der Waals surface area contributed by atoms with Gasteiger partial charge in [-0.3, -0.25) is 9.59 Å². The van der Waals surface area contributed by atoms with Crippen LogP contribution in [0.4, 0.5) is 0 Å². The molecule has 0 heterocycles. The van der Waals surface area contributed by atoms with Gasteiger partial charge in [0.1, 0.15) is 6.04 Å². The lowest BCUT2D eigenvalue weighted by atomic mass is 10.3. The van der Waals surface area contributed by atoms with Crippen molar-refractivity contribution in [3.63, 3.8) is 0 Å². The number of likely N-dealkylation sites (N-methyl/N-ethyl adjacent to an activating group) is 1. The van der Waals surface area contributed by atoms with Crippen molar-refractivity contribution >= 4 is 11.8 Å². The molecule has 4 heteroatoms. The van der Waals surface area contributed by atoms with Gasteiger partial charge in [0.2, 0.25) is 11.8 Å². The summed E-state index contributed by atoms with van der Waals surface area (Å²) >= 11 is 0. The van der Waals surface area contributed by atoms with Gasteiger partial charge in [-0.1, -0.05) is 0 Å². The zero-order valence-electron chi connectivity index (χ0n) is 7.34. The maximum Gasteiger partial charge on any atom is 0.242 e. The van der Waals surface area contributed by atoms with Crippen LogP contribution >= 0.6 is 0 Å². The molecule has 0 fully saturated rings. The molecule has 4 nitrogen and oxygen atoms in total. The van der Waals surface area contributed by atoms with Crippen molar-refractivity contribution in [2.75, 3.05) is 7.05 Å². The fourth-order valence-corrected chi connectivity index (χ4v) is 0.540. The average Bonchev–Trinajstić information content (AvgIpc) is 2.00. The van der Waals surface area contributed by atoms with E-state index in [1.807, 2.05) is 0 Å². The van der Waals surface area contributed by atoms with Gasteiger partial charge in [-0.15, -0.1) is 0 Å². The van der Waals surface area contributed by atoms with Crippen molar-refractivity contribution in [1.82, 2.24) is 10.6 Å². The zero-order chi connectivity index (χ0) is 9.02. The number of carbonyl (C=O) groups is 2. The minimum Gasteiger partial charge on any atom is -0.357 e. The maximum absolute atomic E-state index is 10.8. The molecule has 0 aliphatic carbocycles. The van der Waals surface area contributed by atoms with Crippen molar-refractivity contribution in [2.45, 2.75) is 19.9 Å². The predicted molar refractivity (Wildman–Crippen MR) is 37.3 cm³/mol. The molecule has 2 amide bonds. The van der Waals surface area contributed by atoms with Gasteiger partial charge in [0.05, 0.1) is 0 Å². The molecule has 0 aliphatic rings. The molecule has 0 aromatic rings. The first-order valence-corrected chi connectivity index (χ1v) is 3.01. The fourth-order valence-electron chi connectivity index (χ4n) is 0.540. The second-order valence-electron chi connectivity index (χ2n) is 1.94. The van der Waals surface area contributed by atoms with Crippen LogP contribution in [0.25, 0.3) is 0 Å². The van der Waals surface area contributed by atoms with E-state index in [1.165, 1.54) is 20.9 Å². The molecule has 58 valence electrons. The second-order valence-corrected chi connectivity index (χ2v) is 1.94. The minimum absolute atomic E-state index is 0.338. The van der Waals surface area contributed by atoms with Gasteiger partial charge in [-0.05, 0) is 6.92 Å². The monoisotopic (exact) mass is 145 g/mol. The summed E-state index contributed by atoms with van der Waals surface area (Å²) < 4.78 is 7.09. The quantitative estimate of drug-likeness (QED) is 0.537. The van der Waals surface area contributed by atoms with Crippen LogP contribution in [0.2, 0.25) is 1.41 Å². The van der Waals surface area contributed by atoms with Gasteiger partial charge >= 0.3 is 0 Å². The number of carbonyl (C=O) groups excluding carboxylic acids is 2. The van der Waals surface area contributed by atoms with Crippen molar-refractivity contribution in [3.8, 4) is 0 Å². The molecule has 1 atom stereocenters. The molecule has 0 spiro atoms. The van der Waals surface area contributed by atoms with Crippen LogP contribution in [-0.2, 0) is 9.59 Å². The summed E-state index contributed by atoms with van der Waals surface area (Å²) in [5.74, 6) is -0.781. The predicted octanol–water partition coefficient (Wildman–Crippen LogP) is -0.743. The van der Waals surface area contributed by atoms with E-state index < -0.39 is 11.9 Å². The topological polar surface area (TPSA) is 58.2 Å². The first-order chi connectivity index (χ1) is 5.00. The van der Waals surface area contributed by atoms with Gasteiger partial charge in [-0.2, -0.15) is 0 Å². The molecule has 0 aromatic carbocycles. The van der Waals surface area contributed by atoms with Gasteiger partial charge in [0.25, 0.3) is 0 Å². The van der Waals surface area contributed by atoms with E-state index in [0.29, 0.717) is 5.31 Å². The van der Waals surface area contributed by atoms with Crippen molar-refractivity contribution in [2.24, 2.45) is 0 Å². The summed E-state index contributed by atoms with van der Waals surface area (Å²) in [5, 5.41) is 2.99. The lowest BCUT2D eigenvalue weighted by molar-refractivity contribution is -0.127. The van der Waals surface area contributed by atoms with Crippen LogP contribution in [0.15, 0.2) is 0 Å². The lowest BCUT2D eigenvalue weighted by Crippen LogP contribution is -2.42. The van der Waals surface area contributed by atoms with E-state index in [2.05, 4.69) is 5.32 Å². The largest absolute Gasteiger partial charge is 0.357 e. The van der Waals surface area contributed by atoms with Crippen LogP contribution < -0.4 is 10.6 Å². The van der Waals surface area contributed by atoms with Crippen LogP contribution in [0.1, 0.15) is 13.8 Å². The second kappa shape index (κ2) is 3.87. The Kier molecular flexibility index (Phi) is 2.73. The Morgan fingerprint density at radius 3 is 2.40 bits per heavy atom. The molecule has 1 unspecified atom stereocenters. The molecule has 0 radical (unpaired) electrons. The number of hydrogen-bond donors (Lipinski definition) is 2. The normalized spacial score (nSPS) is 13.3. The van der Waals surface area contributed by atoms with Gasteiger partial charge in [0.15, 0.2) is 1.41 Å². The summed E-state index contributed by atoms with van der Waals surface area (Å²) in [6.07, 6.45) is 0. The van der Waals surface area contributed by atoms with Crippen molar-refractivity contribution in [3.05, 3.63) is 0 Å². The highest BCUT2D eigenvalue weighted by Gasteiger charge is 2.09. The molecule has 2 N–H and O–H groups in total. The first kappa shape index (κ1) is 7.05. The van der Waals surface area contributed by atoms with E-state index >= 15 is 0 Å². The SMILES string of the molecule is [2H]N(C(C)=O)C(C)C(=O)NC. The number of hydrogen-bond acceptors (Lipinski definition) is 2. The van der Waals surface area contributed by atoms with Crippen LogP contribution in [0.5, 0.6) is 0 Å². The highest BCUT2D eigenvalue weighted by atomic mass is 16.2. The van der Waals surface area contributed by atoms with E-state index in [1.54, 1.807) is 0 Å². The number of rotatable bonds is 2. The maximum atomic E-state index is 10.8. The van der Waals surface area contributed by atoms with E-state index in [-0.39, 0.29) is 5.91 Å². The zero-order valence-corrected chi connectivity index (χ0v) is 6.34. The Labute approximate surface area is 61.4 Å². The highest BCUT2D eigenvalue weighted by molar-refractivity contribution is 5.86. The van der Waals surface area contributed by atoms with E-state index in [9.17, 15) is 9.59 Å². The van der Waals surface area contributed by atoms with Crippen LogP contribution in [0, 0.1) is 0 Å². The first-order valence-electron chi connectivity index (χ1n) is 3.45. The molecule has 0 rings (SSSR count). The average molecular weight is 145 g/mol. The van der Waals surface area contributed by atoms with Gasteiger partial charge < -0.3 is 10.6 Å². The third kappa shape index (κ3) is 3.06.